The highest BCUT2D eigenvalue weighted by molar-refractivity contribution is 9.10. The molecule has 0 bridgehead atoms. The first kappa shape index (κ1) is 20.3. The van der Waals surface area contributed by atoms with Crippen LogP contribution in [0.25, 0.3) is 0 Å². The first-order valence-corrected chi connectivity index (χ1v) is 11.6. The minimum Gasteiger partial charge on any atom is -0.481 e. The van der Waals surface area contributed by atoms with Gasteiger partial charge in [-0.2, -0.15) is 4.99 Å². The predicted molar refractivity (Wildman–Crippen MR) is 104 cm³/mol. The molecule has 3 rings (SSSR count). The molecule has 0 aliphatic carbocycles. The standard InChI is InChI=1S/C16H16BrFN2O5S2/c17-9-4-5-11(10(18)6-9)20-12-7-27(24,25)8-13(12)26-16(20)19-14(21)2-1-3-15(22)23/h4-6,12-13H,1-3,7-8H2,(H,22,23)/t12-,13+/m1/s1. The monoisotopic (exact) mass is 478 g/mol. The van der Waals surface area contributed by atoms with Crippen molar-refractivity contribution in [3.8, 4) is 0 Å². The Labute approximate surface area is 168 Å². The van der Waals surface area contributed by atoms with Crippen LogP contribution in [0.15, 0.2) is 27.7 Å². The molecule has 1 aromatic rings. The number of thioether (sulfide) groups is 1. The summed E-state index contributed by atoms with van der Waals surface area (Å²) in [6, 6.07) is 3.91. The molecule has 2 atom stereocenters. The molecule has 0 spiro atoms. The average Bonchev–Trinajstić information content (AvgIpc) is 2.98. The van der Waals surface area contributed by atoms with Gasteiger partial charge in [0, 0.05) is 22.6 Å². The number of halogens is 2. The van der Waals surface area contributed by atoms with E-state index in [-0.39, 0.29) is 46.9 Å². The molecule has 2 aliphatic rings. The number of hydrogen-bond acceptors (Lipinski definition) is 5. The number of aliphatic carboxylic acids is 1. The lowest BCUT2D eigenvalue weighted by atomic mass is 10.2. The summed E-state index contributed by atoms with van der Waals surface area (Å²) in [5.41, 5.74) is 0.160. The minimum atomic E-state index is -3.24. The highest BCUT2D eigenvalue weighted by Gasteiger charge is 2.49. The van der Waals surface area contributed by atoms with Crippen molar-refractivity contribution < 1.29 is 27.5 Å². The largest absolute Gasteiger partial charge is 0.481 e. The molecule has 2 fully saturated rings. The molecule has 27 heavy (non-hydrogen) atoms. The van der Waals surface area contributed by atoms with E-state index in [0.717, 1.165) is 11.8 Å². The maximum atomic E-state index is 14.5. The second kappa shape index (κ2) is 7.88. The summed E-state index contributed by atoms with van der Waals surface area (Å²) in [7, 11) is -3.24. The Balaban J connectivity index is 1.89. The summed E-state index contributed by atoms with van der Waals surface area (Å²) < 4.78 is 39.0. The van der Waals surface area contributed by atoms with Gasteiger partial charge in [0.2, 0.25) is 5.91 Å². The van der Waals surface area contributed by atoms with E-state index in [9.17, 15) is 22.4 Å². The molecule has 0 saturated carbocycles. The number of carboxylic acids is 1. The van der Waals surface area contributed by atoms with Crippen LogP contribution in [0.5, 0.6) is 0 Å². The molecule has 0 unspecified atom stereocenters. The smallest absolute Gasteiger partial charge is 0.303 e. The molecular weight excluding hydrogens is 463 g/mol. The molecule has 2 saturated heterocycles. The van der Waals surface area contributed by atoms with Gasteiger partial charge >= 0.3 is 5.97 Å². The fourth-order valence-electron chi connectivity index (χ4n) is 3.08. The van der Waals surface area contributed by atoms with Crippen LogP contribution < -0.4 is 4.90 Å². The number of carbonyl (C=O) groups is 2. The van der Waals surface area contributed by atoms with Gasteiger partial charge in [0.25, 0.3) is 0 Å². The molecule has 0 radical (unpaired) electrons. The third kappa shape index (κ3) is 4.69. The molecule has 2 aliphatic heterocycles. The zero-order valence-corrected chi connectivity index (χ0v) is 17.2. The lowest BCUT2D eigenvalue weighted by Gasteiger charge is -2.25. The van der Waals surface area contributed by atoms with E-state index >= 15 is 0 Å². The number of rotatable bonds is 5. The van der Waals surface area contributed by atoms with Crippen LogP contribution in [0.2, 0.25) is 0 Å². The van der Waals surface area contributed by atoms with E-state index in [1.165, 1.54) is 17.0 Å². The van der Waals surface area contributed by atoms with E-state index in [1.807, 2.05) is 0 Å². The zero-order valence-electron chi connectivity index (χ0n) is 14.0. The van der Waals surface area contributed by atoms with Gasteiger partial charge in [0.15, 0.2) is 15.0 Å². The summed E-state index contributed by atoms with van der Waals surface area (Å²) in [6.07, 6.45) is -0.0254. The van der Waals surface area contributed by atoms with Crippen LogP contribution in [-0.4, -0.2) is 53.4 Å². The number of carbonyl (C=O) groups excluding carboxylic acids is 1. The molecule has 11 heteroatoms. The van der Waals surface area contributed by atoms with Crippen molar-refractivity contribution in [3.05, 3.63) is 28.5 Å². The third-order valence-electron chi connectivity index (χ3n) is 4.24. The molecule has 1 N–H and O–H groups in total. The summed E-state index contributed by atoms with van der Waals surface area (Å²) in [6.45, 7) is 0. The van der Waals surface area contributed by atoms with Crippen LogP contribution in [0.1, 0.15) is 19.3 Å². The first-order chi connectivity index (χ1) is 12.7. The number of fused-ring (bicyclic) bond motifs is 1. The lowest BCUT2D eigenvalue weighted by Crippen LogP contribution is -2.38. The normalized spacial score (nSPS) is 25.0. The van der Waals surface area contributed by atoms with Crippen molar-refractivity contribution in [2.24, 2.45) is 4.99 Å². The van der Waals surface area contributed by atoms with Crippen molar-refractivity contribution >= 4 is 60.3 Å². The topological polar surface area (TPSA) is 104 Å². The molecule has 0 aromatic heterocycles. The maximum absolute atomic E-state index is 14.5. The number of amides is 1. The number of aliphatic imine (C=N–C) groups is 1. The van der Waals surface area contributed by atoms with Crippen LogP contribution >= 0.6 is 27.7 Å². The van der Waals surface area contributed by atoms with Crippen LogP contribution in [-0.2, 0) is 19.4 Å². The van der Waals surface area contributed by atoms with Crippen LogP contribution in [0.3, 0.4) is 0 Å². The van der Waals surface area contributed by atoms with Gasteiger partial charge in [-0.15, -0.1) is 0 Å². The van der Waals surface area contributed by atoms with Crippen molar-refractivity contribution in [3.63, 3.8) is 0 Å². The number of anilines is 1. The Morgan fingerprint density at radius 3 is 2.74 bits per heavy atom. The summed E-state index contributed by atoms with van der Waals surface area (Å²) >= 11 is 4.33. The van der Waals surface area contributed by atoms with Gasteiger partial charge in [0.1, 0.15) is 5.82 Å². The average molecular weight is 479 g/mol. The fourth-order valence-corrected chi connectivity index (χ4v) is 7.33. The van der Waals surface area contributed by atoms with Gasteiger partial charge in [-0.25, -0.2) is 12.8 Å². The number of sulfone groups is 1. The van der Waals surface area contributed by atoms with E-state index in [1.54, 1.807) is 6.07 Å². The molecule has 1 amide bonds. The fraction of sp³-hybridized carbons (Fsp3) is 0.438. The maximum Gasteiger partial charge on any atom is 0.303 e. The van der Waals surface area contributed by atoms with Crippen molar-refractivity contribution in [2.45, 2.75) is 30.6 Å². The number of carboxylic acid groups (broad SMARTS) is 1. The third-order valence-corrected chi connectivity index (χ3v) is 7.94. The molecular formula is C16H16BrFN2O5S2. The minimum absolute atomic E-state index is 0.0410. The highest BCUT2D eigenvalue weighted by Crippen LogP contribution is 2.42. The number of amidine groups is 1. The van der Waals surface area contributed by atoms with Crippen LogP contribution in [0, 0.1) is 5.82 Å². The van der Waals surface area contributed by atoms with Gasteiger partial charge in [-0.1, -0.05) is 27.7 Å². The Hall–Kier alpha value is -1.46. The molecule has 7 nitrogen and oxygen atoms in total. The summed E-state index contributed by atoms with van der Waals surface area (Å²) in [4.78, 5) is 28.2. The quantitative estimate of drug-likeness (QED) is 0.692. The van der Waals surface area contributed by atoms with Gasteiger partial charge < -0.3 is 10.0 Å². The van der Waals surface area contributed by atoms with Gasteiger partial charge in [-0.3, -0.25) is 9.59 Å². The Morgan fingerprint density at radius 2 is 2.07 bits per heavy atom. The van der Waals surface area contributed by atoms with Crippen molar-refractivity contribution in [2.75, 3.05) is 16.4 Å². The van der Waals surface area contributed by atoms with E-state index in [4.69, 9.17) is 5.11 Å². The van der Waals surface area contributed by atoms with Crippen LogP contribution in [0.4, 0.5) is 10.1 Å². The molecule has 146 valence electrons. The SMILES string of the molecule is O=C(O)CCCC(=O)N=C1S[C@H]2CS(=O)(=O)C[C@H]2N1c1ccc(Br)cc1F. The zero-order chi connectivity index (χ0) is 19.8. The summed E-state index contributed by atoms with van der Waals surface area (Å²) in [5, 5.41) is 8.57. The van der Waals surface area contributed by atoms with E-state index in [2.05, 4.69) is 20.9 Å². The number of hydrogen-bond donors (Lipinski definition) is 1. The van der Waals surface area contributed by atoms with E-state index in [0.29, 0.717) is 4.47 Å². The molecule has 2 heterocycles. The van der Waals surface area contributed by atoms with E-state index < -0.39 is 33.6 Å². The second-order valence-corrected chi connectivity index (χ2v) is 10.6. The van der Waals surface area contributed by atoms with Crippen molar-refractivity contribution in [1.29, 1.82) is 0 Å². The first-order valence-electron chi connectivity index (χ1n) is 8.11. The van der Waals surface area contributed by atoms with Crippen molar-refractivity contribution in [1.82, 2.24) is 0 Å². The Bertz CT molecular complexity index is 921. The highest BCUT2D eigenvalue weighted by atomic mass is 79.9. The predicted octanol–water partition coefficient (Wildman–Crippen LogP) is 2.44. The number of benzene rings is 1. The van der Waals surface area contributed by atoms with Gasteiger partial charge in [-0.05, 0) is 24.6 Å². The number of nitrogens with zero attached hydrogens (tertiary/aromatic N) is 2. The lowest BCUT2D eigenvalue weighted by molar-refractivity contribution is -0.137. The summed E-state index contributed by atoms with van der Waals surface area (Å²) in [5.74, 6) is -2.25. The Kier molecular flexibility index (Phi) is 5.92. The van der Waals surface area contributed by atoms with Gasteiger partial charge in [0.05, 0.1) is 23.2 Å². The second-order valence-electron chi connectivity index (χ2n) is 6.30. The Morgan fingerprint density at radius 1 is 1.33 bits per heavy atom. The molecule has 1 aromatic carbocycles.